The highest BCUT2D eigenvalue weighted by Crippen LogP contribution is 2.15. The van der Waals surface area contributed by atoms with Gasteiger partial charge >= 0.3 is 0 Å². The molecule has 2 aromatic carbocycles. The number of sulfonamides is 1. The second-order valence-electron chi connectivity index (χ2n) is 3.99. The maximum atomic E-state index is 12.2. The van der Waals surface area contributed by atoms with E-state index in [4.69, 9.17) is 0 Å². The van der Waals surface area contributed by atoms with Crippen molar-refractivity contribution in [1.82, 2.24) is 4.72 Å². The van der Waals surface area contributed by atoms with Gasteiger partial charge in [-0.05, 0) is 24.6 Å². The molecule has 0 aliphatic carbocycles. The highest BCUT2D eigenvalue weighted by molar-refractivity contribution is 7.89. The van der Waals surface area contributed by atoms with Crippen molar-refractivity contribution in [3.63, 3.8) is 0 Å². The number of allylic oxidation sites excluding steroid dienone is 1. The van der Waals surface area contributed by atoms with Crippen LogP contribution in [0.1, 0.15) is 12.5 Å². The van der Waals surface area contributed by atoms with Crippen molar-refractivity contribution in [1.29, 1.82) is 0 Å². The van der Waals surface area contributed by atoms with Gasteiger partial charge < -0.3 is 0 Å². The van der Waals surface area contributed by atoms with Crippen molar-refractivity contribution in [3.8, 4) is 0 Å². The van der Waals surface area contributed by atoms with Crippen LogP contribution in [0.3, 0.4) is 0 Å². The molecule has 0 bridgehead atoms. The van der Waals surface area contributed by atoms with E-state index in [9.17, 15) is 8.42 Å². The summed E-state index contributed by atoms with van der Waals surface area (Å²) in [5, 5.41) is 0. The summed E-state index contributed by atoms with van der Waals surface area (Å²) >= 11 is 0. The predicted molar refractivity (Wildman–Crippen MR) is 76.9 cm³/mol. The van der Waals surface area contributed by atoms with Crippen molar-refractivity contribution in [2.75, 3.05) is 0 Å². The summed E-state index contributed by atoms with van der Waals surface area (Å²) < 4.78 is 27.1. The van der Waals surface area contributed by atoms with Gasteiger partial charge in [0.15, 0.2) is 0 Å². The fraction of sp³-hybridized carbons (Fsp3) is 0.0667. The third kappa shape index (κ3) is 3.23. The Labute approximate surface area is 113 Å². The molecule has 0 saturated heterocycles. The summed E-state index contributed by atoms with van der Waals surface area (Å²) in [6.07, 6.45) is 1.75. The van der Waals surface area contributed by atoms with Crippen LogP contribution in [0.15, 0.2) is 71.6 Å². The van der Waals surface area contributed by atoms with Crippen molar-refractivity contribution in [3.05, 3.63) is 72.3 Å². The van der Waals surface area contributed by atoms with Crippen LogP contribution in [0.2, 0.25) is 0 Å². The first-order chi connectivity index (χ1) is 9.13. The van der Waals surface area contributed by atoms with Crippen LogP contribution in [0.25, 0.3) is 5.70 Å². The highest BCUT2D eigenvalue weighted by Gasteiger charge is 2.15. The van der Waals surface area contributed by atoms with Gasteiger partial charge in [0.05, 0.1) is 10.6 Å². The summed E-state index contributed by atoms with van der Waals surface area (Å²) in [6, 6.07) is 17.7. The van der Waals surface area contributed by atoms with Gasteiger partial charge in [-0.25, -0.2) is 8.42 Å². The Morgan fingerprint density at radius 3 is 2.00 bits per heavy atom. The summed E-state index contributed by atoms with van der Waals surface area (Å²) in [6.45, 7) is 1.80. The lowest BCUT2D eigenvalue weighted by Crippen LogP contribution is -2.22. The van der Waals surface area contributed by atoms with Gasteiger partial charge in [0.1, 0.15) is 0 Å². The molecular formula is C15H15NO2S. The van der Waals surface area contributed by atoms with Gasteiger partial charge in [-0.3, -0.25) is 4.72 Å². The SMILES string of the molecule is C/C=C(/NS(=O)(=O)c1ccccc1)c1ccccc1. The molecule has 19 heavy (non-hydrogen) atoms. The first-order valence-corrected chi connectivity index (χ1v) is 7.41. The smallest absolute Gasteiger partial charge is 0.261 e. The molecule has 1 N–H and O–H groups in total. The monoisotopic (exact) mass is 273 g/mol. The summed E-state index contributed by atoms with van der Waals surface area (Å²) in [5.41, 5.74) is 1.41. The largest absolute Gasteiger partial charge is 0.279 e. The van der Waals surface area contributed by atoms with E-state index in [2.05, 4.69) is 4.72 Å². The van der Waals surface area contributed by atoms with Gasteiger partial charge in [0.25, 0.3) is 10.0 Å². The highest BCUT2D eigenvalue weighted by atomic mass is 32.2. The molecule has 0 radical (unpaired) electrons. The fourth-order valence-corrected chi connectivity index (χ4v) is 2.86. The Morgan fingerprint density at radius 1 is 0.947 bits per heavy atom. The summed E-state index contributed by atoms with van der Waals surface area (Å²) in [7, 11) is -3.54. The molecule has 4 heteroatoms. The lowest BCUT2D eigenvalue weighted by Gasteiger charge is -2.11. The number of benzene rings is 2. The number of hydrogen-bond acceptors (Lipinski definition) is 2. The first-order valence-electron chi connectivity index (χ1n) is 5.93. The first kappa shape index (κ1) is 13.4. The van der Waals surface area contributed by atoms with Gasteiger partial charge in [0, 0.05) is 0 Å². The Bertz CT molecular complexity index is 662. The van der Waals surface area contributed by atoms with Gasteiger partial charge in [-0.1, -0.05) is 54.6 Å². The lowest BCUT2D eigenvalue weighted by atomic mass is 10.2. The summed E-state index contributed by atoms with van der Waals surface area (Å²) in [5.74, 6) is 0. The van der Waals surface area contributed by atoms with Crippen LogP contribution in [0.5, 0.6) is 0 Å². The van der Waals surface area contributed by atoms with E-state index >= 15 is 0 Å². The average Bonchev–Trinajstić information content (AvgIpc) is 2.47. The number of rotatable bonds is 4. The topological polar surface area (TPSA) is 46.2 Å². The maximum Gasteiger partial charge on any atom is 0.261 e. The standard InChI is InChI=1S/C15H15NO2S/c1-2-15(13-9-5-3-6-10-13)16-19(17,18)14-11-7-4-8-12-14/h2-12,16H,1H3/b15-2+. The van der Waals surface area contributed by atoms with Gasteiger partial charge in [0.2, 0.25) is 0 Å². The Hall–Kier alpha value is -2.07. The minimum atomic E-state index is -3.54. The molecule has 0 unspecified atom stereocenters. The zero-order valence-electron chi connectivity index (χ0n) is 10.6. The molecule has 0 atom stereocenters. The normalized spacial score (nSPS) is 12.2. The van der Waals surface area contributed by atoms with Crippen molar-refractivity contribution < 1.29 is 8.42 Å². The number of nitrogens with one attached hydrogen (secondary N) is 1. The molecule has 0 fully saturated rings. The van der Waals surface area contributed by atoms with E-state index in [1.54, 1.807) is 43.3 Å². The van der Waals surface area contributed by atoms with E-state index < -0.39 is 10.0 Å². The van der Waals surface area contributed by atoms with Crippen LogP contribution in [-0.4, -0.2) is 8.42 Å². The molecule has 0 amide bonds. The van der Waals surface area contributed by atoms with Gasteiger partial charge in [-0.15, -0.1) is 0 Å². The minimum absolute atomic E-state index is 0.255. The Morgan fingerprint density at radius 2 is 1.47 bits per heavy atom. The Kier molecular flexibility index (Phi) is 4.02. The molecule has 0 heterocycles. The molecule has 2 rings (SSSR count). The molecule has 0 saturated carbocycles. The third-order valence-corrected chi connectivity index (χ3v) is 4.05. The Balaban J connectivity index is 2.30. The average molecular weight is 273 g/mol. The van der Waals surface area contributed by atoms with Crippen LogP contribution in [0.4, 0.5) is 0 Å². The van der Waals surface area contributed by atoms with Crippen LogP contribution in [-0.2, 0) is 10.0 Å². The molecule has 0 aromatic heterocycles. The zero-order valence-corrected chi connectivity index (χ0v) is 11.4. The number of hydrogen-bond donors (Lipinski definition) is 1. The van der Waals surface area contributed by atoms with E-state index in [-0.39, 0.29) is 4.90 Å². The van der Waals surface area contributed by atoms with Gasteiger partial charge in [-0.2, -0.15) is 0 Å². The quantitative estimate of drug-likeness (QED) is 0.930. The zero-order chi connectivity index (χ0) is 13.7. The molecule has 0 aliphatic heterocycles. The molecule has 98 valence electrons. The predicted octanol–water partition coefficient (Wildman–Crippen LogP) is 3.03. The van der Waals surface area contributed by atoms with Crippen LogP contribution in [0, 0.1) is 0 Å². The van der Waals surface area contributed by atoms with Crippen molar-refractivity contribution in [2.24, 2.45) is 0 Å². The van der Waals surface area contributed by atoms with E-state index in [0.29, 0.717) is 5.70 Å². The molecular weight excluding hydrogens is 258 g/mol. The van der Waals surface area contributed by atoms with Crippen molar-refractivity contribution >= 4 is 15.7 Å². The van der Waals surface area contributed by atoms with Crippen LogP contribution < -0.4 is 4.72 Å². The van der Waals surface area contributed by atoms with E-state index in [1.807, 2.05) is 30.3 Å². The second-order valence-corrected chi connectivity index (χ2v) is 5.67. The fourth-order valence-electron chi connectivity index (χ4n) is 1.71. The van der Waals surface area contributed by atoms with Crippen molar-refractivity contribution in [2.45, 2.75) is 11.8 Å². The molecule has 0 aliphatic rings. The molecule has 0 spiro atoms. The molecule has 3 nitrogen and oxygen atoms in total. The second kappa shape index (κ2) is 5.71. The third-order valence-electron chi connectivity index (χ3n) is 2.67. The van der Waals surface area contributed by atoms with E-state index in [1.165, 1.54) is 0 Å². The molecule has 2 aromatic rings. The lowest BCUT2D eigenvalue weighted by molar-refractivity contribution is 0.591. The van der Waals surface area contributed by atoms with E-state index in [0.717, 1.165) is 5.56 Å². The minimum Gasteiger partial charge on any atom is -0.279 e. The summed E-state index contributed by atoms with van der Waals surface area (Å²) in [4.78, 5) is 0.255. The maximum absolute atomic E-state index is 12.2. The van der Waals surface area contributed by atoms with Crippen LogP contribution >= 0.6 is 0 Å².